The van der Waals surface area contributed by atoms with Gasteiger partial charge in [-0.05, 0) is 24.5 Å². The first-order valence-corrected chi connectivity index (χ1v) is 10.1. The summed E-state index contributed by atoms with van der Waals surface area (Å²) in [6.45, 7) is 2.54. The van der Waals surface area contributed by atoms with E-state index in [1.54, 1.807) is 6.92 Å². The van der Waals surface area contributed by atoms with E-state index in [1.165, 1.54) is 24.2 Å². The van der Waals surface area contributed by atoms with Crippen LogP contribution in [0.25, 0.3) is 0 Å². The normalized spacial score (nSPS) is 10.9. The van der Waals surface area contributed by atoms with Crippen molar-refractivity contribution in [2.45, 2.75) is 26.3 Å². The van der Waals surface area contributed by atoms with Gasteiger partial charge in [-0.15, -0.1) is 5.92 Å². The number of aliphatic hydroxyl groups excluding tert-OH is 1. The van der Waals surface area contributed by atoms with Crippen LogP contribution >= 0.6 is 11.8 Å². The number of amidine groups is 1. The smallest absolute Gasteiger partial charge is 0.233 e. The fraction of sp³-hybridized carbons (Fsp3) is 0.333. The minimum absolute atomic E-state index is 0.128. The molecule has 0 atom stereocenters. The summed E-state index contributed by atoms with van der Waals surface area (Å²) in [5.41, 5.74) is 7.97. The quantitative estimate of drug-likeness (QED) is 0.202. The van der Waals surface area contributed by atoms with Crippen molar-refractivity contribution in [1.82, 2.24) is 9.97 Å². The first-order chi connectivity index (χ1) is 14.1. The standard InChI is InChI=1S/C21H24N4O3S/c1-2-3-9-28-20-15-23-18(14-24-20)19(27)12-16-6-4-7-17(11-16)13-25-21(22)29-10-5-8-26/h4,6-7,11,14-15,26H,5,8-10,12-13H2,1H3,(H2,22,25). The Balaban J connectivity index is 1.92. The maximum Gasteiger partial charge on any atom is 0.233 e. The van der Waals surface area contributed by atoms with Gasteiger partial charge in [0.2, 0.25) is 5.88 Å². The van der Waals surface area contributed by atoms with Gasteiger partial charge in [-0.3, -0.25) is 9.79 Å². The van der Waals surface area contributed by atoms with Crippen LogP contribution in [-0.4, -0.2) is 45.0 Å². The highest BCUT2D eigenvalue weighted by Gasteiger charge is 2.10. The van der Waals surface area contributed by atoms with Gasteiger partial charge in [0.15, 0.2) is 17.6 Å². The zero-order chi connectivity index (χ0) is 20.9. The summed E-state index contributed by atoms with van der Waals surface area (Å²) in [5, 5.41) is 9.28. The number of nitrogens with two attached hydrogens (primary N) is 1. The van der Waals surface area contributed by atoms with Crippen molar-refractivity contribution < 1.29 is 14.6 Å². The first-order valence-electron chi connectivity index (χ1n) is 9.11. The Morgan fingerprint density at radius 1 is 1.31 bits per heavy atom. The van der Waals surface area contributed by atoms with E-state index < -0.39 is 0 Å². The monoisotopic (exact) mass is 412 g/mol. The highest BCUT2D eigenvalue weighted by molar-refractivity contribution is 8.13. The highest BCUT2D eigenvalue weighted by Crippen LogP contribution is 2.12. The van der Waals surface area contributed by atoms with Gasteiger partial charge in [-0.1, -0.05) is 41.9 Å². The molecule has 152 valence electrons. The summed E-state index contributed by atoms with van der Waals surface area (Å²) in [4.78, 5) is 25.0. The highest BCUT2D eigenvalue weighted by atomic mass is 32.2. The molecule has 0 aliphatic carbocycles. The van der Waals surface area contributed by atoms with E-state index in [2.05, 4.69) is 26.8 Å². The molecule has 0 aliphatic heterocycles. The molecular weight excluding hydrogens is 388 g/mol. The number of carbonyl (C=O) groups excluding carboxylic acids is 1. The molecule has 7 nitrogen and oxygen atoms in total. The van der Waals surface area contributed by atoms with Gasteiger partial charge in [-0.2, -0.15) is 0 Å². The van der Waals surface area contributed by atoms with Gasteiger partial charge in [0.25, 0.3) is 0 Å². The van der Waals surface area contributed by atoms with E-state index in [9.17, 15) is 4.79 Å². The van der Waals surface area contributed by atoms with Crippen molar-refractivity contribution in [1.29, 1.82) is 0 Å². The molecule has 2 aromatic rings. The Kier molecular flexibility index (Phi) is 9.69. The van der Waals surface area contributed by atoms with Crippen LogP contribution in [0.4, 0.5) is 0 Å². The van der Waals surface area contributed by atoms with Gasteiger partial charge < -0.3 is 15.6 Å². The number of hydrogen-bond donors (Lipinski definition) is 2. The number of carbonyl (C=O) groups is 1. The Morgan fingerprint density at radius 2 is 2.14 bits per heavy atom. The lowest BCUT2D eigenvalue weighted by Gasteiger charge is -2.05. The van der Waals surface area contributed by atoms with Crippen LogP contribution in [0.15, 0.2) is 41.7 Å². The number of nitrogens with zero attached hydrogens (tertiary/aromatic N) is 3. The maximum absolute atomic E-state index is 12.5. The Hall–Kier alpha value is -2.89. The number of aromatic nitrogens is 2. The molecule has 1 aromatic heterocycles. The second kappa shape index (κ2) is 12.5. The summed E-state index contributed by atoms with van der Waals surface area (Å²) in [5.74, 6) is 6.43. The zero-order valence-electron chi connectivity index (χ0n) is 16.3. The van der Waals surface area contributed by atoms with Gasteiger partial charge in [-0.25, -0.2) is 9.97 Å². The summed E-state index contributed by atoms with van der Waals surface area (Å²) < 4.78 is 5.30. The Bertz CT molecular complexity index is 889. The van der Waals surface area contributed by atoms with Crippen LogP contribution in [-0.2, 0) is 13.0 Å². The topological polar surface area (TPSA) is 111 Å². The minimum Gasteiger partial charge on any atom is -0.463 e. The summed E-state index contributed by atoms with van der Waals surface area (Å²) in [6.07, 6.45) is 3.73. The third-order valence-corrected chi connectivity index (χ3v) is 4.63. The average Bonchev–Trinajstić information content (AvgIpc) is 2.73. The molecular formula is C21H24N4O3S. The summed E-state index contributed by atoms with van der Waals surface area (Å²) >= 11 is 1.42. The molecule has 29 heavy (non-hydrogen) atoms. The Morgan fingerprint density at radius 3 is 2.86 bits per heavy atom. The van der Waals surface area contributed by atoms with Gasteiger partial charge >= 0.3 is 0 Å². The predicted molar refractivity (Wildman–Crippen MR) is 115 cm³/mol. The van der Waals surface area contributed by atoms with Crippen molar-refractivity contribution in [3.8, 4) is 17.7 Å². The second-order valence-electron chi connectivity index (χ2n) is 5.96. The number of thioether (sulfide) groups is 1. The van der Waals surface area contributed by atoms with Crippen LogP contribution in [0.3, 0.4) is 0 Å². The molecule has 0 radical (unpaired) electrons. The van der Waals surface area contributed by atoms with Gasteiger partial charge in [0.05, 0.1) is 18.9 Å². The molecule has 1 aromatic carbocycles. The molecule has 2 rings (SSSR count). The molecule has 0 spiro atoms. The van der Waals surface area contributed by atoms with Crippen LogP contribution in [0.1, 0.15) is 35.0 Å². The Labute approximate surface area is 174 Å². The van der Waals surface area contributed by atoms with E-state index >= 15 is 0 Å². The first kappa shape index (κ1) is 22.4. The van der Waals surface area contributed by atoms with E-state index in [-0.39, 0.29) is 31.1 Å². The number of aliphatic hydroxyl groups is 1. The predicted octanol–water partition coefficient (Wildman–Crippen LogP) is 2.23. The number of aliphatic imine (C=N–C) groups is 1. The number of benzene rings is 1. The number of ketones is 1. The van der Waals surface area contributed by atoms with E-state index in [4.69, 9.17) is 15.6 Å². The minimum atomic E-state index is -0.128. The lowest BCUT2D eigenvalue weighted by molar-refractivity contribution is 0.0987. The SMILES string of the molecule is CC#CCOc1cnc(C(=O)Cc2cccc(CN=C(N)SCCCO)c2)cn1. The van der Waals surface area contributed by atoms with Gasteiger partial charge in [0.1, 0.15) is 5.69 Å². The van der Waals surface area contributed by atoms with Crippen LogP contribution in [0.2, 0.25) is 0 Å². The zero-order valence-corrected chi connectivity index (χ0v) is 17.1. The third-order valence-electron chi connectivity index (χ3n) is 3.71. The van der Waals surface area contributed by atoms with Crippen molar-refractivity contribution in [3.63, 3.8) is 0 Å². The van der Waals surface area contributed by atoms with Crippen LogP contribution in [0, 0.1) is 11.8 Å². The number of hydrogen-bond acceptors (Lipinski definition) is 7. The molecule has 0 saturated carbocycles. The summed E-state index contributed by atoms with van der Waals surface area (Å²) in [6, 6.07) is 7.65. The number of Topliss-reactive ketones (excluding diaryl/α,β-unsaturated/α-hetero) is 1. The van der Waals surface area contributed by atoms with Gasteiger partial charge in [0, 0.05) is 18.8 Å². The molecule has 0 amide bonds. The molecule has 0 unspecified atom stereocenters. The van der Waals surface area contributed by atoms with Crippen LogP contribution < -0.4 is 10.5 Å². The van der Waals surface area contributed by atoms with Crippen molar-refractivity contribution in [2.24, 2.45) is 10.7 Å². The molecule has 0 fully saturated rings. The maximum atomic E-state index is 12.5. The van der Waals surface area contributed by atoms with E-state index in [1.807, 2.05) is 24.3 Å². The summed E-state index contributed by atoms with van der Waals surface area (Å²) in [7, 11) is 0. The molecule has 0 bridgehead atoms. The molecule has 1 heterocycles. The molecule has 8 heteroatoms. The van der Waals surface area contributed by atoms with Crippen molar-refractivity contribution >= 4 is 22.7 Å². The van der Waals surface area contributed by atoms with Crippen molar-refractivity contribution in [2.75, 3.05) is 19.0 Å². The van der Waals surface area contributed by atoms with Crippen molar-refractivity contribution in [3.05, 3.63) is 53.5 Å². The lowest BCUT2D eigenvalue weighted by atomic mass is 10.0. The molecule has 3 N–H and O–H groups in total. The van der Waals surface area contributed by atoms with E-state index in [0.29, 0.717) is 24.0 Å². The second-order valence-corrected chi connectivity index (χ2v) is 7.07. The number of ether oxygens (including phenoxy) is 1. The number of rotatable bonds is 10. The fourth-order valence-corrected chi connectivity index (χ4v) is 2.93. The lowest BCUT2D eigenvalue weighted by Crippen LogP contribution is -2.09. The largest absolute Gasteiger partial charge is 0.463 e. The third kappa shape index (κ3) is 8.34. The van der Waals surface area contributed by atoms with E-state index in [0.717, 1.165) is 16.9 Å². The molecule has 0 aliphatic rings. The fourth-order valence-electron chi connectivity index (χ4n) is 2.29. The molecule has 0 saturated heterocycles. The average molecular weight is 413 g/mol. The van der Waals surface area contributed by atoms with Crippen LogP contribution in [0.5, 0.6) is 5.88 Å².